The van der Waals surface area contributed by atoms with Gasteiger partial charge in [0.15, 0.2) is 0 Å². The van der Waals surface area contributed by atoms with Gasteiger partial charge in [-0.25, -0.2) is 15.0 Å². The van der Waals surface area contributed by atoms with E-state index in [1.807, 2.05) is 36.4 Å². The number of fused-ring (bicyclic) bond motifs is 3. The number of nitrogens with one attached hydrogen (secondary N) is 2. The fourth-order valence-corrected chi connectivity index (χ4v) is 2.75. The minimum Gasteiger partial charge on any atom is -0.345 e. The zero-order chi connectivity index (χ0) is 14.2. The lowest BCUT2D eigenvalue weighted by atomic mass is 10.2. The number of halogens is 1. The molecule has 0 unspecified atom stereocenters. The van der Waals surface area contributed by atoms with E-state index in [1.165, 1.54) is 0 Å². The fraction of sp³-hybridized carbons (Fsp3) is 0. The van der Waals surface area contributed by atoms with Crippen molar-refractivity contribution in [2.45, 2.75) is 0 Å². The first-order valence-electron chi connectivity index (χ1n) is 6.41. The number of aromatic nitrogens is 4. The Bertz CT molecular complexity index is 947. The van der Waals surface area contributed by atoms with Crippen LogP contribution < -0.4 is 5.32 Å². The van der Waals surface area contributed by atoms with Crippen molar-refractivity contribution in [2.75, 3.05) is 5.32 Å². The van der Waals surface area contributed by atoms with E-state index in [1.54, 1.807) is 12.7 Å². The summed E-state index contributed by atoms with van der Waals surface area (Å²) in [7, 11) is 0. The lowest BCUT2D eigenvalue weighted by molar-refractivity contribution is 1.22. The maximum Gasteiger partial charge on any atom is 0.143 e. The molecular formula is C15H10BrN5. The summed E-state index contributed by atoms with van der Waals surface area (Å²) in [5.74, 6) is 0.746. The summed E-state index contributed by atoms with van der Waals surface area (Å²) in [6.45, 7) is 0. The summed E-state index contributed by atoms with van der Waals surface area (Å²) < 4.78 is 1.01. The predicted molar refractivity (Wildman–Crippen MR) is 86.6 cm³/mol. The van der Waals surface area contributed by atoms with Gasteiger partial charge in [0.05, 0.1) is 22.7 Å². The van der Waals surface area contributed by atoms with Gasteiger partial charge < -0.3 is 10.3 Å². The topological polar surface area (TPSA) is 66.5 Å². The molecule has 0 radical (unpaired) electrons. The van der Waals surface area contributed by atoms with Crippen molar-refractivity contribution in [2.24, 2.45) is 0 Å². The van der Waals surface area contributed by atoms with Crippen LogP contribution in [0.4, 0.5) is 11.5 Å². The Balaban J connectivity index is 1.93. The molecule has 0 saturated heterocycles. The number of imidazole rings is 1. The highest BCUT2D eigenvalue weighted by Gasteiger charge is 2.10. The minimum atomic E-state index is 0.746. The number of H-pyrrole nitrogens is 1. The van der Waals surface area contributed by atoms with Crippen molar-refractivity contribution in [3.63, 3.8) is 0 Å². The Morgan fingerprint density at radius 2 is 2.00 bits per heavy atom. The van der Waals surface area contributed by atoms with Crippen LogP contribution in [0.2, 0.25) is 0 Å². The van der Waals surface area contributed by atoms with Gasteiger partial charge in [-0.3, -0.25) is 0 Å². The Labute approximate surface area is 128 Å². The van der Waals surface area contributed by atoms with Gasteiger partial charge in [-0.2, -0.15) is 0 Å². The maximum absolute atomic E-state index is 4.38. The average Bonchev–Trinajstić information content (AvgIpc) is 2.96. The van der Waals surface area contributed by atoms with Crippen LogP contribution in [0.5, 0.6) is 0 Å². The lowest BCUT2D eigenvalue weighted by Gasteiger charge is -2.09. The van der Waals surface area contributed by atoms with Crippen LogP contribution in [0.1, 0.15) is 0 Å². The molecule has 0 aliphatic carbocycles. The third kappa shape index (κ3) is 2.13. The van der Waals surface area contributed by atoms with E-state index in [4.69, 9.17) is 0 Å². The molecule has 2 N–H and O–H groups in total. The molecule has 0 bridgehead atoms. The Hall–Kier alpha value is -2.47. The van der Waals surface area contributed by atoms with Crippen molar-refractivity contribution >= 4 is 49.4 Å². The maximum atomic E-state index is 4.38. The molecule has 102 valence electrons. The highest BCUT2D eigenvalue weighted by Crippen LogP contribution is 2.29. The third-order valence-corrected chi connectivity index (χ3v) is 3.77. The molecular weight excluding hydrogens is 330 g/mol. The van der Waals surface area contributed by atoms with Crippen LogP contribution in [-0.2, 0) is 0 Å². The second kappa shape index (κ2) is 4.82. The minimum absolute atomic E-state index is 0.746. The van der Waals surface area contributed by atoms with Gasteiger partial charge in [0.1, 0.15) is 17.7 Å². The molecule has 2 heterocycles. The lowest BCUT2D eigenvalue weighted by Crippen LogP contribution is -1.96. The molecule has 4 aromatic rings. The second-order valence-electron chi connectivity index (χ2n) is 4.62. The van der Waals surface area contributed by atoms with E-state index >= 15 is 0 Å². The summed E-state index contributed by atoms with van der Waals surface area (Å²) in [4.78, 5) is 16.2. The number of anilines is 2. The van der Waals surface area contributed by atoms with Crippen LogP contribution in [0, 0.1) is 0 Å². The molecule has 21 heavy (non-hydrogen) atoms. The Morgan fingerprint density at radius 1 is 1.05 bits per heavy atom. The molecule has 0 aliphatic heterocycles. The largest absolute Gasteiger partial charge is 0.345 e. The van der Waals surface area contributed by atoms with Gasteiger partial charge in [-0.05, 0) is 30.3 Å². The van der Waals surface area contributed by atoms with E-state index in [0.717, 1.165) is 37.9 Å². The first-order valence-corrected chi connectivity index (χ1v) is 7.20. The van der Waals surface area contributed by atoms with Gasteiger partial charge in [0.2, 0.25) is 0 Å². The number of hydrogen-bond acceptors (Lipinski definition) is 4. The van der Waals surface area contributed by atoms with Crippen molar-refractivity contribution in [3.8, 4) is 0 Å². The normalized spacial score (nSPS) is 11.1. The average molecular weight is 340 g/mol. The molecule has 0 aliphatic rings. The molecule has 0 atom stereocenters. The van der Waals surface area contributed by atoms with Gasteiger partial charge in [0, 0.05) is 10.2 Å². The summed E-state index contributed by atoms with van der Waals surface area (Å²) in [5.41, 5.74) is 3.65. The van der Waals surface area contributed by atoms with Crippen LogP contribution in [-0.4, -0.2) is 19.9 Å². The molecule has 0 amide bonds. The van der Waals surface area contributed by atoms with E-state index in [-0.39, 0.29) is 0 Å². The standard InChI is InChI=1S/C15H10BrN5/c16-9-2-1-3-10(6-9)21-15-13-11(17-8-20-15)4-5-12-14(13)19-7-18-12/h1-8H,(H,18,19)(H,17,20,21). The van der Waals surface area contributed by atoms with E-state index in [2.05, 4.69) is 41.2 Å². The van der Waals surface area contributed by atoms with E-state index in [9.17, 15) is 0 Å². The summed E-state index contributed by atoms with van der Waals surface area (Å²) >= 11 is 3.47. The molecule has 6 heteroatoms. The van der Waals surface area contributed by atoms with Gasteiger partial charge in [-0.15, -0.1) is 0 Å². The molecule has 0 saturated carbocycles. The zero-order valence-electron chi connectivity index (χ0n) is 10.8. The quantitative estimate of drug-likeness (QED) is 0.579. The number of aromatic amines is 1. The first kappa shape index (κ1) is 12.3. The molecule has 0 fully saturated rings. The van der Waals surface area contributed by atoms with Crippen molar-refractivity contribution in [3.05, 3.63) is 53.5 Å². The van der Waals surface area contributed by atoms with Gasteiger partial charge in [-0.1, -0.05) is 22.0 Å². The molecule has 2 aromatic carbocycles. The number of hydrogen-bond donors (Lipinski definition) is 2. The van der Waals surface area contributed by atoms with Crippen LogP contribution >= 0.6 is 15.9 Å². The Morgan fingerprint density at radius 3 is 2.90 bits per heavy atom. The van der Waals surface area contributed by atoms with E-state index in [0.29, 0.717) is 0 Å². The number of nitrogens with zero attached hydrogens (tertiary/aromatic N) is 3. The van der Waals surface area contributed by atoms with Crippen molar-refractivity contribution in [1.82, 2.24) is 19.9 Å². The van der Waals surface area contributed by atoms with Crippen LogP contribution in [0.15, 0.2) is 53.5 Å². The fourth-order valence-electron chi connectivity index (χ4n) is 2.35. The second-order valence-corrected chi connectivity index (χ2v) is 5.53. The van der Waals surface area contributed by atoms with Crippen molar-refractivity contribution < 1.29 is 0 Å². The highest BCUT2D eigenvalue weighted by molar-refractivity contribution is 9.10. The third-order valence-electron chi connectivity index (χ3n) is 3.28. The highest BCUT2D eigenvalue weighted by atomic mass is 79.9. The predicted octanol–water partition coefficient (Wildman–Crippen LogP) is 4.01. The number of benzene rings is 2. The summed E-state index contributed by atoms with van der Waals surface area (Å²) in [5, 5.41) is 4.25. The molecule has 0 spiro atoms. The SMILES string of the molecule is Brc1cccc(Nc2ncnc3ccc4[nH]cnc4c23)c1. The number of rotatable bonds is 2. The van der Waals surface area contributed by atoms with Crippen molar-refractivity contribution in [1.29, 1.82) is 0 Å². The van der Waals surface area contributed by atoms with Crippen LogP contribution in [0.25, 0.3) is 21.9 Å². The monoisotopic (exact) mass is 339 g/mol. The summed E-state index contributed by atoms with van der Waals surface area (Å²) in [6, 6.07) is 11.9. The molecule has 4 rings (SSSR count). The van der Waals surface area contributed by atoms with Crippen LogP contribution in [0.3, 0.4) is 0 Å². The smallest absolute Gasteiger partial charge is 0.143 e. The summed E-state index contributed by atoms with van der Waals surface area (Å²) in [6.07, 6.45) is 3.24. The van der Waals surface area contributed by atoms with E-state index < -0.39 is 0 Å². The zero-order valence-corrected chi connectivity index (χ0v) is 12.4. The Kier molecular flexibility index (Phi) is 2.82. The van der Waals surface area contributed by atoms with Gasteiger partial charge >= 0.3 is 0 Å². The van der Waals surface area contributed by atoms with Gasteiger partial charge in [0.25, 0.3) is 0 Å². The first-order chi connectivity index (χ1) is 10.3. The molecule has 5 nitrogen and oxygen atoms in total. The molecule has 2 aromatic heterocycles.